The molecule has 2 aromatic heterocycles. The van der Waals surface area contributed by atoms with E-state index < -0.39 is 10.0 Å². The van der Waals surface area contributed by atoms with Gasteiger partial charge < -0.3 is 0 Å². The number of rotatable bonds is 6. The number of sulfonamides is 1. The third-order valence-electron chi connectivity index (χ3n) is 3.14. The van der Waals surface area contributed by atoms with Crippen LogP contribution in [0.25, 0.3) is 11.5 Å². The summed E-state index contributed by atoms with van der Waals surface area (Å²) in [5.74, 6) is 0.481. The van der Waals surface area contributed by atoms with Crippen LogP contribution >= 0.6 is 0 Å². The highest BCUT2D eigenvalue weighted by Gasteiger charge is 2.23. The molecule has 0 spiro atoms. The lowest BCUT2D eigenvalue weighted by atomic mass is 10.3. The highest BCUT2D eigenvalue weighted by molar-refractivity contribution is 7.89. The molecule has 0 saturated carbocycles. The van der Waals surface area contributed by atoms with Crippen LogP contribution in [0.15, 0.2) is 11.2 Å². The van der Waals surface area contributed by atoms with Crippen LogP contribution in [0, 0.1) is 0 Å². The molecule has 0 fully saturated rings. The minimum absolute atomic E-state index is 0.207. The third kappa shape index (κ3) is 2.98. The van der Waals surface area contributed by atoms with Gasteiger partial charge in [-0.15, -0.1) is 10.2 Å². The van der Waals surface area contributed by atoms with E-state index in [2.05, 4.69) is 15.3 Å². The van der Waals surface area contributed by atoms with Gasteiger partial charge in [-0.2, -0.15) is 5.10 Å². The molecule has 2 heterocycles. The molecule has 21 heavy (non-hydrogen) atoms. The predicted octanol–water partition coefficient (Wildman–Crippen LogP) is 0.781. The summed E-state index contributed by atoms with van der Waals surface area (Å²) in [4.78, 5) is 0. The van der Waals surface area contributed by atoms with Gasteiger partial charge in [-0.3, -0.25) is 9.25 Å². The minimum Gasteiger partial charge on any atom is -0.295 e. The summed E-state index contributed by atoms with van der Waals surface area (Å²) in [6.07, 6.45) is 1.54. The van der Waals surface area contributed by atoms with Gasteiger partial charge in [0.15, 0.2) is 5.82 Å². The van der Waals surface area contributed by atoms with Crippen molar-refractivity contribution in [2.75, 3.05) is 0 Å². The zero-order valence-corrected chi connectivity index (χ0v) is 13.3. The molecule has 0 aromatic carbocycles. The molecule has 2 rings (SSSR count). The van der Waals surface area contributed by atoms with Crippen LogP contribution < -0.4 is 5.14 Å². The Labute approximate surface area is 124 Å². The lowest BCUT2D eigenvalue weighted by Crippen LogP contribution is -2.19. The van der Waals surface area contributed by atoms with E-state index in [1.165, 1.54) is 4.57 Å². The van der Waals surface area contributed by atoms with Gasteiger partial charge in [0.25, 0.3) is 15.2 Å². The van der Waals surface area contributed by atoms with Crippen molar-refractivity contribution < 1.29 is 8.42 Å². The summed E-state index contributed by atoms with van der Waals surface area (Å²) in [6, 6.07) is 1.91. The maximum absolute atomic E-state index is 11.6. The van der Waals surface area contributed by atoms with Gasteiger partial charge >= 0.3 is 0 Å². The van der Waals surface area contributed by atoms with E-state index in [1.54, 1.807) is 4.68 Å². The van der Waals surface area contributed by atoms with E-state index >= 15 is 0 Å². The van der Waals surface area contributed by atoms with Gasteiger partial charge in [-0.25, -0.2) is 13.6 Å². The second-order valence-corrected chi connectivity index (χ2v) is 6.15. The second-order valence-electron chi connectivity index (χ2n) is 4.69. The SMILES string of the molecule is CCCn1c(-c2cc(CC)nn2CC)nnc1S(N)(=O)=O. The van der Waals surface area contributed by atoms with Crippen molar-refractivity contribution in [3.8, 4) is 11.5 Å². The van der Waals surface area contributed by atoms with Gasteiger partial charge in [0.1, 0.15) is 5.69 Å². The number of primary sulfonamides is 1. The van der Waals surface area contributed by atoms with Crippen LogP contribution in [0.3, 0.4) is 0 Å². The molecule has 0 unspecified atom stereocenters. The monoisotopic (exact) mass is 312 g/mol. The van der Waals surface area contributed by atoms with E-state index in [0.29, 0.717) is 18.9 Å². The molecule has 116 valence electrons. The molecule has 0 atom stereocenters. The first-order valence-electron chi connectivity index (χ1n) is 6.95. The van der Waals surface area contributed by atoms with Gasteiger partial charge in [0, 0.05) is 13.1 Å². The second kappa shape index (κ2) is 5.94. The summed E-state index contributed by atoms with van der Waals surface area (Å²) >= 11 is 0. The van der Waals surface area contributed by atoms with Crippen LogP contribution in [-0.2, 0) is 29.5 Å². The molecule has 0 aliphatic carbocycles. The van der Waals surface area contributed by atoms with E-state index in [9.17, 15) is 8.42 Å². The van der Waals surface area contributed by atoms with E-state index in [4.69, 9.17) is 5.14 Å². The molecule has 0 aliphatic rings. The van der Waals surface area contributed by atoms with Crippen LogP contribution in [0.2, 0.25) is 0 Å². The molecule has 2 N–H and O–H groups in total. The number of hydrogen-bond acceptors (Lipinski definition) is 5. The molecule has 0 aliphatic heterocycles. The molecule has 0 radical (unpaired) electrons. The van der Waals surface area contributed by atoms with Crippen molar-refractivity contribution in [1.82, 2.24) is 24.5 Å². The highest BCUT2D eigenvalue weighted by atomic mass is 32.2. The predicted molar refractivity (Wildman–Crippen MR) is 78.0 cm³/mol. The topological polar surface area (TPSA) is 109 Å². The average Bonchev–Trinajstić information content (AvgIpc) is 3.01. The summed E-state index contributed by atoms with van der Waals surface area (Å²) in [5.41, 5.74) is 1.68. The Kier molecular flexibility index (Phi) is 4.43. The Balaban J connectivity index is 2.64. The largest absolute Gasteiger partial charge is 0.295 e. The lowest BCUT2D eigenvalue weighted by molar-refractivity contribution is 0.557. The van der Waals surface area contributed by atoms with Crippen molar-refractivity contribution in [2.24, 2.45) is 5.14 Å². The standard InChI is InChI=1S/C12H20N6O2S/c1-4-7-17-11(14-15-12(17)21(13,19)20)10-8-9(5-2)16-18(10)6-3/h8H,4-7H2,1-3H3,(H2,13,19,20). The molecular weight excluding hydrogens is 292 g/mol. The van der Waals surface area contributed by atoms with Crippen molar-refractivity contribution in [3.05, 3.63) is 11.8 Å². The maximum Gasteiger partial charge on any atom is 0.273 e. The first-order chi connectivity index (χ1) is 9.92. The Bertz CT molecular complexity index is 731. The molecule has 0 bridgehead atoms. The van der Waals surface area contributed by atoms with Crippen molar-refractivity contribution >= 4 is 10.0 Å². The molecule has 9 heteroatoms. The van der Waals surface area contributed by atoms with Crippen LogP contribution in [0.5, 0.6) is 0 Å². The number of aryl methyl sites for hydroxylation is 2. The molecule has 2 aromatic rings. The Morgan fingerprint density at radius 1 is 1.24 bits per heavy atom. The van der Waals surface area contributed by atoms with Crippen LogP contribution in [0.1, 0.15) is 32.9 Å². The van der Waals surface area contributed by atoms with Gasteiger partial charge in [-0.1, -0.05) is 13.8 Å². The summed E-state index contributed by atoms with van der Waals surface area (Å²) < 4.78 is 26.6. The fourth-order valence-electron chi connectivity index (χ4n) is 2.18. The number of hydrogen-bond donors (Lipinski definition) is 1. The first kappa shape index (κ1) is 15.6. The fourth-order valence-corrected chi connectivity index (χ4v) is 2.82. The molecule has 0 saturated heterocycles. The zero-order valence-electron chi connectivity index (χ0n) is 12.4. The average molecular weight is 312 g/mol. The smallest absolute Gasteiger partial charge is 0.273 e. The quantitative estimate of drug-likeness (QED) is 0.848. The fraction of sp³-hybridized carbons (Fsp3) is 0.583. The molecule has 8 nitrogen and oxygen atoms in total. The van der Waals surface area contributed by atoms with Gasteiger partial charge in [0.2, 0.25) is 0 Å². The normalized spacial score (nSPS) is 12.0. The van der Waals surface area contributed by atoms with Crippen molar-refractivity contribution in [2.45, 2.75) is 51.9 Å². The lowest BCUT2D eigenvalue weighted by Gasteiger charge is -2.08. The Hall–Kier alpha value is -1.74. The zero-order chi connectivity index (χ0) is 15.6. The van der Waals surface area contributed by atoms with E-state index in [-0.39, 0.29) is 5.16 Å². The van der Waals surface area contributed by atoms with Gasteiger partial charge in [0.05, 0.1) is 5.69 Å². The Morgan fingerprint density at radius 2 is 1.95 bits per heavy atom. The van der Waals surface area contributed by atoms with Crippen LogP contribution in [-0.4, -0.2) is 33.0 Å². The third-order valence-corrected chi connectivity index (χ3v) is 3.95. The van der Waals surface area contributed by atoms with Crippen LogP contribution in [0.4, 0.5) is 0 Å². The first-order valence-corrected chi connectivity index (χ1v) is 8.50. The number of nitrogens with two attached hydrogens (primary N) is 1. The maximum atomic E-state index is 11.6. The number of aromatic nitrogens is 5. The van der Waals surface area contributed by atoms with E-state index in [1.807, 2.05) is 26.8 Å². The minimum atomic E-state index is -3.90. The number of nitrogens with zero attached hydrogens (tertiary/aromatic N) is 5. The highest BCUT2D eigenvalue weighted by Crippen LogP contribution is 2.22. The molecular formula is C12H20N6O2S. The summed E-state index contributed by atoms with van der Waals surface area (Å²) in [7, 11) is -3.90. The van der Waals surface area contributed by atoms with Crippen molar-refractivity contribution in [3.63, 3.8) is 0 Å². The summed E-state index contributed by atoms with van der Waals surface area (Å²) in [6.45, 7) is 7.07. The molecule has 0 amide bonds. The summed E-state index contributed by atoms with van der Waals surface area (Å²) in [5, 5.41) is 17.2. The van der Waals surface area contributed by atoms with E-state index in [0.717, 1.165) is 24.2 Å². The van der Waals surface area contributed by atoms with Gasteiger partial charge in [-0.05, 0) is 25.8 Å². The Morgan fingerprint density at radius 3 is 2.48 bits per heavy atom. The van der Waals surface area contributed by atoms with Crippen molar-refractivity contribution in [1.29, 1.82) is 0 Å².